The maximum atomic E-state index is 12.2. The number of aryl methyl sites for hydroxylation is 2. The number of benzene rings is 2. The van der Waals surface area contributed by atoms with Crippen molar-refractivity contribution in [2.24, 2.45) is 0 Å². The lowest BCUT2D eigenvalue weighted by Gasteiger charge is -2.37. The zero-order chi connectivity index (χ0) is 18.6. The molecule has 0 aromatic heterocycles. The molecule has 3 nitrogen and oxygen atoms in total. The van der Waals surface area contributed by atoms with Gasteiger partial charge in [0.1, 0.15) is 5.75 Å². The normalized spacial score (nSPS) is 18.0. The van der Waals surface area contributed by atoms with Gasteiger partial charge in [-0.05, 0) is 55.2 Å². The first-order chi connectivity index (χ1) is 12.4. The second-order valence-corrected chi connectivity index (χ2v) is 6.49. The lowest BCUT2D eigenvalue weighted by molar-refractivity contribution is -0.274. The number of ether oxygens (including phenoxy) is 2. The molecule has 1 unspecified atom stereocenters. The van der Waals surface area contributed by atoms with E-state index in [1.165, 1.54) is 23.4 Å². The van der Waals surface area contributed by atoms with E-state index in [9.17, 15) is 13.2 Å². The Hall–Kier alpha value is -2.21. The predicted octanol–water partition coefficient (Wildman–Crippen LogP) is 4.73. The molecular formula is C20H22F3NO2. The van der Waals surface area contributed by atoms with Crippen LogP contribution in [0.25, 0.3) is 0 Å². The molecule has 1 aliphatic rings. The third-order valence-corrected chi connectivity index (χ3v) is 4.48. The van der Waals surface area contributed by atoms with Crippen molar-refractivity contribution in [1.29, 1.82) is 0 Å². The van der Waals surface area contributed by atoms with Crippen molar-refractivity contribution in [3.05, 3.63) is 59.7 Å². The van der Waals surface area contributed by atoms with Gasteiger partial charge in [-0.2, -0.15) is 0 Å². The highest BCUT2D eigenvalue weighted by Gasteiger charge is 2.31. The van der Waals surface area contributed by atoms with E-state index in [0.717, 1.165) is 24.9 Å². The summed E-state index contributed by atoms with van der Waals surface area (Å²) in [6.45, 7) is 4.27. The summed E-state index contributed by atoms with van der Waals surface area (Å²) in [5.41, 5.74) is 3.38. The molecule has 2 aromatic rings. The fourth-order valence-corrected chi connectivity index (χ4v) is 3.23. The number of morpholine rings is 1. The van der Waals surface area contributed by atoms with E-state index in [0.29, 0.717) is 13.2 Å². The van der Waals surface area contributed by atoms with Crippen molar-refractivity contribution >= 4 is 5.69 Å². The van der Waals surface area contributed by atoms with Crippen LogP contribution in [-0.2, 0) is 11.2 Å². The summed E-state index contributed by atoms with van der Waals surface area (Å²) in [4.78, 5) is 2.36. The first kappa shape index (κ1) is 18.6. The zero-order valence-electron chi connectivity index (χ0n) is 14.6. The monoisotopic (exact) mass is 365 g/mol. The first-order valence-electron chi connectivity index (χ1n) is 8.66. The molecule has 0 saturated carbocycles. The van der Waals surface area contributed by atoms with Crippen LogP contribution in [0.4, 0.5) is 18.9 Å². The second kappa shape index (κ2) is 7.99. The molecule has 0 bridgehead atoms. The molecule has 0 N–H and O–H groups in total. The fourth-order valence-electron chi connectivity index (χ4n) is 3.23. The fraction of sp³-hybridized carbons (Fsp3) is 0.400. The Morgan fingerprint density at radius 1 is 1.15 bits per heavy atom. The molecule has 1 saturated heterocycles. The zero-order valence-corrected chi connectivity index (χ0v) is 14.6. The van der Waals surface area contributed by atoms with Crippen LogP contribution in [-0.4, -0.2) is 32.2 Å². The van der Waals surface area contributed by atoms with Gasteiger partial charge in [-0.3, -0.25) is 0 Å². The van der Waals surface area contributed by atoms with Gasteiger partial charge in [0, 0.05) is 12.2 Å². The van der Waals surface area contributed by atoms with Crippen LogP contribution in [0.15, 0.2) is 48.5 Å². The predicted molar refractivity (Wildman–Crippen MR) is 94.6 cm³/mol. The largest absolute Gasteiger partial charge is 0.573 e. The Morgan fingerprint density at radius 2 is 1.92 bits per heavy atom. The Morgan fingerprint density at radius 3 is 2.62 bits per heavy atom. The molecule has 3 rings (SSSR count). The van der Waals surface area contributed by atoms with E-state index in [1.807, 2.05) is 0 Å². The SMILES string of the molecule is Cc1cccc(N2CCOCC2CCc2ccc(OC(F)(F)F)cc2)c1. The summed E-state index contributed by atoms with van der Waals surface area (Å²) in [6.07, 6.45) is -3.02. The molecule has 140 valence electrons. The highest BCUT2D eigenvalue weighted by Crippen LogP contribution is 2.25. The van der Waals surface area contributed by atoms with Gasteiger partial charge in [-0.25, -0.2) is 0 Å². The maximum absolute atomic E-state index is 12.2. The van der Waals surface area contributed by atoms with Crippen molar-refractivity contribution in [2.75, 3.05) is 24.7 Å². The molecule has 0 spiro atoms. The number of alkyl halides is 3. The highest BCUT2D eigenvalue weighted by molar-refractivity contribution is 5.49. The Kier molecular flexibility index (Phi) is 5.71. The van der Waals surface area contributed by atoms with Gasteiger partial charge in [-0.15, -0.1) is 13.2 Å². The minimum absolute atomic E-state index is 0.191. The Labute approximate surface area is 151 Å². The van der Waals surface area contributed by atoms with Crippen molar-refractivity contribution in [3.8, 4) is 5.75 Å². The minimum atomic E-state index is -4.66. The standard InChI is InChI=1S/C20H22F3NO2/c1-15-3-2-4-17(13-15)24-11-12-25-14-18(24)8-5-16-6-9-19(10-7-16)26-20(21,22)23/h2-4,6-7,9-10,13,18H,5,8,11-12,14H2,1H3. The summed E-state index contributed by atoms with van der Waals surface area (Å²) in [7, 11) is 0. The Balaban J connectivity index is 1.62. The maximum Gasteiger partial charge on any atom is 0.573 e. The lowest BCUT2D eigenvalue weighted by atomic mass is 10.0. The van der Waals surface area contributed by atoms with E-state index in [1.54, 1.807) is 12.1 Å². The van der Waals surface area contributed by atoms with Crippen LogP contribution >= 0.6 is 0 Å². The van der Waals surface area contributed by atoms with E-state index in [2.05, 4.69) is 40.8 Å². The molecule has 0 aliphatic carbocycles. The molecule has 26 heavy (non-hydrogen) atoms. The van der Waals surface area contributed by atoms with Crippen LogP contribution < -0.4 is 9.64 Å². The quantitative estimate of drug-likeness (QED) is 0.765. The molecule has 1 fully saturated rings. The summed E-state index contributed by atoms with van der Waals surface area (Å²) >= 11 is 0. The molecular weight excluding hydrogens is 343 g/mol. The molecule has 1 atom stereocenters. The summed E-state index contributed by atoms with van der Waals surface area (Å²) in [5, 5.41) is 0. The molecule has 0 amide bonds. The van der Waals surface area contributed by atoms with Crippen LogP contribution in [0.5, 0.6) is 5.75 Å². The molecule has 2 aromatic carbocycles. The van der Waals surface area contributed by atoms with Crippen molar-refractivity contribution < 1.29 is 22.6 Å². The van der Waals surface area contributed by atoms with Gasteiger partial charge >= 0.3 is 6.36 Å². The number of rotatable bonds is 5. The molecule has 1 aliphatic heterocycles. The number of hydrogen-bond acceptors (Lipinski definition) is 3. The van der Waals surface area contributed by atoms with Gasteiger partial charge in [-0.1, -0.05) is 24.3 Å². The smallest absolute Gasteiger partial charge is 0.406 e. The summed E-state index contributed by atoms with van der Waals surface area (Å²) in [6, 6.07) is 14.7. The summed E-state index contributed by atoms with van der Waals surface area (Å²) < 4.78 is 46.2. The van der Waals surface area contributed by atoms with Crippen LogP contribution in [0.3, 0.4) is 0 Å². The van der Waals surface area contributed by atoms with Gasteiger partial charge < -0.3 is 14.4 Å². The molecule has 0 radical (unpaired) electrons. The average Bonchev–Trinajstić information content (AvgIpc) is 2.60. The molecule has 6 heteroatoms. The minimum Gasteiger partial charge on any atom is -0.406 e. The highest BCUT2D eigenvalue weighted by atomic mass is 19.4. The third kappa shape index (κ3) is 5.14. The van der Waals surface area contributed by atoms with E-state index in [-0.39, 0.29) is 11.8 Å². The van der Waals surface area contributed by atoms with Gasteiger partial charge in [0.2, 0.25) is 0 Å². The van der Waals surface area contributed by atoms with Gasteiger partial charge in [0.25, 0.3) is 0 Å². The van der Waals surface area contributed by atoms with Crippen molar-refractivity contribution in [1.82, 2.24) is 0 Å². The van der Waals surface area contributed by atoms with Crippen molar-refractivity contribution in [2.45, 2.75) is 32.2 Å². The lowest BCUT2D eigenvalue weighted by Crippen LogP contribution is -2.45. The second-order valence-electron chi connectivity index (χ2n) is 6.49. The van der Waals surface area contributed by atoms with Gasteiger partial charge in [0.15, 0.2) is 0 Å². The topological polar surface area (TPSA) is 21.7 Å². The van der Waals surface area contributed by atoms with E-state index in [4.69, 9.17) is 4.74 Å². The van der Waals surface area contributed by atoms with Crippen LogP contribution in [0.1, 0.15) is 17.5 Å². The molecule has 1 heterocycles. The number of halogens is 3. The number of nitrogens with zero attached hydrogens (tertiary/aromatic N) is 1. The third-order valence-electron chi connectivity index (χ3n) is 4.48. The average molecular weight is 365 g/mol. The van der Waals surface area contributed by atoms with E-state index >= 15 is 0 Å². The first-order valence-corrected chi connectivity index (χ1v) is 8.66. The number of anilines is 1. The van der Waals surface area contributed by atoms with Crippen LogP contribution in [0, 0.1) is 6.92 Å². The van der Waals surface area contributed by atoms with E-state index < -0.39 is 6.36 Å². The van der Waals surface area contributed by atoms with Crippen LogP contribution in [0.2, 0.25) is 0 Å². The number of hydrogen-bond donors (Lipinski definition) is 0. The summed E-state index contributed by atoms with van der Waals surface area (Å²) in [5.74, 6) is -0.191. The van der Waals surface area contributed by atoms with Gasteiger partial charge in [0.05, 0.1) is 19.3 Å². The Bertz CT molecular complexity index is 716. The van der Waals surface area contributed by atoms with Crippen molar-refractivity contribution in [3.63, 3.8) is 0 Å².